The summed E-state index contributed by atoms with van der Waals surface area (Å²) in [4.78, 5) is 25.9. The van der Waals surface area contributed by atoms with E-state index in [2.05, 4.69) is 26.1 Å². The summed E-state index contributed by atoms with van der Waals surface area (Å²) < 4.78 is 5.15. The SMILES string of the molecule is CCN(CC(=O)Nc1cccc(OC)c1)C(=O)CSC(C)(C)C. The second kappa shape index (κ2) is 8.82. The minimum Gasteiger partial charge on any atom is -0.497 e. The Bertz CT molecular complexity index is 541. The zero-order valence-corrected chi connectivity index (χ0v) is 15.3. The molecule has 0 aliphatic heterocycles. The third-order valence-electron chi connectivity index (χ3n) is 3.05. The first-order valence-corrected chi connectivity index (χ1v) is 8.59. The van der Waals surface area contributed by atoms with Gasteiger partial charge in [0.05, 0.1) is 19.4 Å². The summed E-state index contributed by atoms with van der Waals surface area (Å²) in [7, 11) is 1.57. The highest BCUT2D eigenvalue weighted by atomic mass is 32.2. The van der Waals surface area contributed by atoms with Gasteiger partial charge in [-0.1, -0.05) is 26.8 Å². The number of anilines is 1. The van der Waals surface area contributed by atoms with Gasteiger partial charge in [-0.05, 0) is 19.1 Å². The van der Waals surface area contributed by atoms with Gasteiger partial charge >= 0.3 is 0 Å². The van der Waals surface area contributed by atoms with Crippen LogP contribution in [0.3, 0.4) is 0 Å². The topological polar surface area (TPSA) is 58.6 Å². The van der Waals surface area contributed by atoms with Crippen molar-refractivity contribution in [1.82, 2.24) is 4.90 Å². The number of hydrogen-bond acceptors (Lipinski definition) is 4. The van der Waals surface area contributed by atoms with Crippen LogP contribution in [0.5, 0.6) is 5.75 Å². The number of amides is 2. The van der Waals surface area contributed by atoms with Gasteiger partial charge in [-0.3, -0.25) is 9.59 Å². The molecule has 0 fully saturated rings. The number of benzene rings is 1. The zero-order valence-electron chi connectivity index (χ0n) is 14.5. The highest BCUT2D eigenvalue weighted by molar-refractivity contribution is 8.01. The van der Waals surface area contributed by atoms with E-state index in [1.165, 1.54) is 0 Å². The van der Waals surface area contributed by atoms with Crippen molar-refractivity contribution >= 4 is 29.3 Å². The molecule has 0 saturated heterocycles. The van der Waals surface area contributed by atoms with Crippen LogP contribution in [-0.2, 0) is 9.59 Å². The van der Waals surface area contributed by atoms with E-state index in [1.54, 1.807) is 48.0 Å². The van der Waals surface area contributed by atoms with Crippen LogP contribution in [0.15, 0.2) is 24.3 Å². The Morgan fingerprint density at radius 2 is 2.00 bits per heavy atom. The molecule has 0 heterocycles. The van der Waals surface area contributed by atoms with Gasteiger partial charge < -0.3 is 15.0 Å². The first-order valence-electron chi connectivity index (χ1n) is 7.61. The molecule has 0 aliphatic carbocycles. The van der Waals surface area contributed by atoms with Crippen LogP contribution in [0.2, 0.25) is 0 Å². The molecule has 0 bridgehead atoms. The quantitative estimate of drug-likeness (QED) is 0.830. The van der Waals surface area contributed by atoms with Crippen molar-refractivity contribution in [3.8, 4) is 5.75 Å². The van der Waals surface area contributed by atoms with Crippen LogP contribution in [0.25, 0.3) is 0 Å². The Hall–Kier alpha value is -1.69. The number of likely N-dealkylation sites (N-methyl/N-ethyl adjacent to an activating group) is 1. The number of thioether (sulfide) groups is 1. The minimum atomic E-state index is -0.214. The van der Waals surface area contributed by atoms with E-state index >= 15 is 0 Å². The van der Waals surface area contributed by atoms with E-state index < -0.39 is 0 Å². The van der Waals surface area contributed by atoms with Crippen LogP contribution in [-0.4, -0.2) is 47.4 Å². The third-order valence-corrected chi connectivity index (χ3v) is 4.31. The maximum atomic E-state index is 12.2. The van der Waals surface area contributed by atoms with Gasteiger partial charge in [-0.2, -0.15) is 0 Å². The third kappa shape index (κ3) is 7.41. The lowest BCUT2D eigenvalue weighted by molar-refractivity contribution is -0.132. The van der Waals surface area contributed by atoms with E-state index in [0.29, 0.717) is 23.7 Å². The van der Waals surface area contributed by atoms with E-state index in [1.807, 2.05) is 6.92 Å². The van der Waals surface area contributed by atoms with E-state index in [4.69, 9.17) is 4.74 Å². The van der Waals surface area contributed by atoms with Crippen molar-refractivity contribution in [1.29, 1.82) is 0 Å². The molecular formula is C17H26N2O3S. The molecule has 0 spiro atoms. The molecule has 0 unspecified atom stereocenters. The van der Waals surface area contributed by atoms with Crippen molar-refractivity contribution < 1.29 is 14.3 Å². The van der Waals surface area contributed by atoms with Gasteiger partial charge in [0.2, 0.25) is 11.8 Å². The first-order chi connectivity index (χ1) is 10.7. The van der Waals surface area contributed by atoms with Gasteiger partial charge in [0.15, 0.2) is 0 Å². The van der Waals surface area contributed by atoms with E-state index in [-0.39, 0.29) is 23.1 Å². The molecule has 0 aromatic heterocycles. The van der Waals surface area contributed by atoms with Crippen LogP contribution < -0.4 is 10.1 Å². The summed E-state index contributed by atoms with van der Waals surface area (Å²) in [5.41, 5.74) is 0.655. The molecule has 0 radical (unpaired) electrons. The predicted octanol–water partition coefficient (Wildman–Crippen LogP) is 3.01. The number of hydrogen-bond donors (Lipinski definition) is 1. The molecule has 1 rings (SSSR count). The van der Waals surface area contributed by atoms with Gasteiger partial charge in [-0.25, -0.2) is 0 Å². The Balaban J connectivity index is 2.57. The lowest BCUT2D eigenvalue weighted by atomic mass is 10.3. The Labute approximate surface area is 142 Å². The van der Waals surface area contributed by atoms with Crippen LogP contribution in [0.1, 0.15) is 27.7 Å². The van der Waals surface area contributed by atoms with Crippen molar-refractivity contribution in [3.05, 3.63) is 24.3 Å². The zero-order chi connectivity index (χ0) is 17.5. The molecule has 0 atom stereocenters. The maximum absolute atomic E-state index is 12.2. The van der Waals surface area contributed by atoms with Crippen LogP contribution >= 0.6 is 11.8 Å². The maximum Gasteiger partial charge on any atom is 0.243 e. The molecule has 2 amide bonds. The molecule has 1 aromatic rings. The average molecular weight is 338 g/mol. The second-order valence-electron chi connectivity index (χ2n) is 6.09. The Morgan fingerprint density at radius 3 is 2.57 bits per heavy atom. The Kier molecular flexibility index (Phi) is 7.42. The largest absolute Gasteiger partial charge is 0.497 e. The van der Waals surface area contributed by atoms with E-state index in [9.17, 15) is 9.59 Å². The number of carbonyl (C=O) groups excluding carboxylic acids is 2. The van der Waals surface area contributed by atoms with E-state index in [0.717, 1.165) is 0 Å². The van der Waals surface area contributed by atoms with Crippen molar-refractivity contribution in [3.63, 3.8) is 0 Å². The molecule has 0 aliphatic rings. The van der Waals surface area contributed by atoms with Crippen molar-refractivity contribution in [2.75, 3.05) is 31.3 Å². The van der Waals surface area contributed by atoms with Gasteiger partial charge in [0, 0.05) is 23.0 Å². The van der Waals surface area contributed by atoms with Crippen molar-refractivity contribution in [2.45, 2.75) is 32.4 Å². The standard InChI is InChI=1S/C17H26N2O3S/c1-6-19(16(21)12-23-17(2,3)4)11-15(20)18-13-8-7-9-14(10-13)22-5/h7-10H,6,11-12H2,1-5H3,(H,18,20). The smallest absolute Gasteiger partial charge is 0.243 e. The molecule has 6 heteroatoms. The summed E-state index contributed by atoms with van der Waals surface area (Å²) in [6.45, 7) is 8.63. The number of methoxy groups -OCH3 is 1. The molecule has 23 heavy (non-hydrogen) atoms. The molecule has 1 aromatic carbocycles. The highest BCUT2D eigenvalue weighted by Gasteiger charge is 2.19. The normalized spacial score (nSPS) is 11.0. The minimum absolute atomic E-state index is 0.0202. The van der Waals surface area contributed by atoms with Crippen molar-refractivity contribution in [2.24, 2.45) is 0 Å². The number of nitrogens with zero attached hydrogens (tertiary/aromatic N) is 1. The average Bonchev–Trinajstić information content (AvgIpc) is 2.49. The molecule has 5 nitrogen and oxygen atoms in total. The van der Waals surface area contributed by atoms with Crippen LogP contribution in [0, 0.1) is 0 Å². The highest BCUT2D eigenvalue weighted by Crippen LogP contribution is 2.23. The van der Waals surface area contributed by atoms with Gasteiger partial charge in [0.25, 0.3) is 0 Å². The number of nitrogens with one attached hydrogen (secondary N) is 1. The fourth-order valence-corrected chi connectivity index (χ4v) is 2.56. The number of carbonyl (C=O) groups is 2. The monoisotopic (exact) mass is 338 g/mol. The lowest BCUT2D eigenvalue weighted by Crippen LogP contribution is -2.39. The lowest BCUT2D eigenvalue weighted by Gasteiger charge is -2.23. The summed E-state index contributed by atoms with van der Waals surface area (Å²) in [6.07, 6.45) is 0. The molecule has 0 saturated carbocycles. The summed E-state index contributed by atoms with van der Waals surface area (Å²) in [5.74, 6) is 0.819. The first kappa shape index (κ1) is 19.4. The van der Waals surface area contributed by atoms with Gasteiger partial charge in [0.1, 0.15) is 5.75 Å². The summed E-state index contributed by atoms with van der Waals surface area (Å²) >= 11 is 1.58. The second-order valence-corrected chi connectivity index (χ2v) is 7.89. The fourth-order valence-electron chi connectivity index (χ4n) is 1.82. The summed E-state index contributed by atoms with van der Waals surface area (Å²) in [5, 5.41) is 2.79. The number of ether oxygens (including phenoxy) is 1. The Morgan fingerprint density at radius 1 is 1.30 bits per heavy atom. The number of rotatable bonds is 7. The predicted molar refractivity (Wildman–Crippen MR) is 96.1 cm³/mol. The van der Waals surface area contributed by atoms with Gasteiger partial charge in [-0.15, -0.1) is 11.8 Å². The molecule has 128 valence electrons. The molecule has 1 N–H and O–H groups in total. The van der Waals surface area contributed by atoms with Crippen LogP contribution in [0.4, 0.5) is 5.69 Å². The fraction of sp³-hybridized carbons (Fsp3) is 0.529. The summed E-state index contributed by atoms with van der Waals surface area (Å²) in [6, 6.07) is 7.14. The molecular weight excluding hydrogens is 312 g/mol.